The smallest absolute Gasteiger partial charge is 0.246 e. The maximum atomic E-state index is 14.0. The zero-order chi connectivity index (χ0) is 18.1. The van der Waals surface area contributed by atoms with Crippen LogP contribution < -0.4 is 0 Å². The first-order valence-corrected chi connectivity index (χ1v) is 8.43. The predicted octanol–water partition coefficient (Wildman–Crippen LogP) is 2.88. The highest BCUT2D eigenvalue weighted by atomic mass is 19.1. The molecular weight excluding hydrogens is 324 g/mol. The zero-order valence-electron chi connectivity index (χ0n) is 14.8. The number of aromatic amines is 1. The normalized spacial score (nSPS) is 17.4. The molecule has 1 heterocycles. The molecule has 0 spiro atoms. The molecule has 0 bridgehead atoms. The van der Waals surface area contributed by atoms with Crippen molar-refractivity contribution in [3.8, 4) is 0 Å². The molecule has 0 saturated heterocycles. The molecule has 1 aromatic carbocycles. The Balaban J connectivity index is 1.80. The molecule has 1 amide bonds. The van der Waals surface area contributed by atoms with Crippen LogP contribution in [-0.2, 0) is 17.6 Å². The molecule has 1 aliphatic rings. The fourth-order valence-corrected chi connectivity index (χ4v) is 3.42. The molecule has 0 radical (unpaired) electrons. The summed E-state index contributed by atoms with van der Waals surface area (Å²) in [6.07, 6.45) is 5.54. The number of benzene rings is 1. The summed E-state index contributed by atoms with van der Waals surface area (Å²) in [6, 6.07) is 2.29. The van der Waals surface area contributed by atoms with E-state index in [1.807, 2.05) is 25.1 Å². The van der Waals surface area contributed by atoms with E-state index >= 15 is 0 Å². The second-order valence-electron chi connectivity index (χ2n) is 6.90. The van der Waals surface area contributed by atoms with Crippen LogP contribution in [0, 0.1) is 11.6 Å². The minimum Gasteiger partial charge on any atom is -0.356 e. The molecule has 1 unspecified atom stereocenters. The summed E-state index contributed by atoms with van der Waals surface area (Å²) in [7, 11) is 5.67. The molecule has 4 nitrogen and oxygen atoms in total. The summed E-state index contributed by atoms with van der Waals surface area (Å²) in [5.41, 5.74) is 2.22. The van der Waals surface area contributed by atoms with E-state index < -0.39 is 11.6 Å². The van der Waals surface area contributed by atoms with Crippen LogP contribution in [0.25, 0.3) is 10.9 Å². The number of fused-ring (bicyclic) bond motifs is 3. The average Bonchev–Trinajstić information content (AvgIpc) is 2.92. The number of hydrogen-bond donors (Lipinski definition) is 1. The van der Waals surface area contributed by atoms with Gasteiger partial charge in [0.25, 0.3) is 0 Å². The summed E-state index contributed by atoms with van der Waals surface area (Å²) in [5, 5.41) is 0.584. The number of aromatic nitrogens is 1. The van der Waals surface area contributed by atoms with Crippen molar-refractivity contribution in [1.82, 2.24) is 14.8 Å². The Morgan fingerprint density at radius 3 is 2.80 bits per heavy atom. The molecule has 2 aromatic rings. The summed E-state index contributed by atoms with van der Waals surface area (Å²) < 4.78 is 27.6. The van der Waals surface area contributed by atoms with Gasteiger partial charge in [-0.15, -0.1) is 0 Å². The Bertz CT molecular complexity index is 826. The highest BCUT2D eigenvalue weighted by Crippen LogP contribution is 2.32. The van der Waals surface area contributed by atoms with Crippen molar-refractivity contribution in [1.29, 1.82) is 0 Å². The van der Waals surface area contributed by atoms with Gasteiger partial charge in [-0.25, -0.2) is 8.78 Å². The van der Waals surface area contributed by atoms with Crippen LogP contribution in [0.3, 0.4) is 0 Å². The molecule has 1 aliphatic carbocycles. The van der Waals surface area contributed by atoms with Crippen molar-refractivity contribution in [3.63, 3.8) is 0 Å². The number of rotatable bonds is 4. The third kappa shape index (κ3) is 3.58. The molecule has 1 atom stereocenters. The summed E-state index contributed by atoms with van der Waals surface area (Å²) in [5.74, 6) is -1.20. The SMILES string of the molecule is CN(C)C/C=C/C(=O)N(C)C1CCc2[nH]c3c(F)cc(F)cc3c2C1. The Labute approximate surface area is 146 Å². The van der Waals surface area contributed by atoms with Crippen LogP contribution in [0.15, 0.2) is 24.3 Å². The molecule has 25 heavy (non-hydrogen) atoms. The minimum atomic E-state index is -0.579. The van der Waals surface area contributed by atoms with Crippen molar-refractivity contribution in [2.45, 2.75) is 25.3 Å². The lowest BCUT2D eigenvalue weighted by molar-refractivity contribution is -0.127. The third-order valence-corrected chi connectivity index (χ3v) is 4.81. The number of carbonyl (C=O) groups excluding carboxylic acids is 1. The first-order chi connectivity index (χ1) is 11.9. The van der Waals surface area contributed by atoms with E-state index in [-0.39, 0.29) is 11.9 Å². The maximum Gasteiger partial charge on any atom is 0.246 e. The van der Waals surface area contributed by atoms with Crippen LogP contribution in [-0.4, -0.2) is 54.4 Å². The second kappa shape index (κ2) is 6.96. The first kappa shape index (κ1) is 17.6. The van der Waals surface area contributed by atoms with Crippen LogP contribution in [0.1, 0.15) is 17.7 Å². The van der Waals surface area contributed by atoms with Gasteiger partial charge < -0.3 is 14.8 Å². The zero-order valence-corrected chi connectivity index (χ0v) is 14.8. The number of nitrogens with one attached hydrogen (secondary N) is 1. The van der Waals surface area contributed by atoms with Gasteiger partial charge in [-0.3, -0.25) is 4.79 Å². The van der Waals surface area contributed by atoms with E-state index in [1.54, 1.807) is 18.0 Å². The number of hydrogen-bond acceptors (Lipinski definition) is 2. The molecule has 1 N–H and O–H groups in total. The van der Waals surface area contributed by atoms with E-state index in [1.165, 1.54) is 6.07 Å². The number of halogens is 2. The maximum absolute atomic E-state index is 14.0. The van der Waals surface area contributed by atoms with Gasteiger partial charge in [0.05, 0.1) is 5.52 Å². The van der Waals surface area contributed by atoms with Crippen LogP contribution in [0.2, 0.25) is 0 Å². The highest BCUT2D eigenvalue weighted by Gasteiger charge is 2.27. The number of carbonyl (C=O) groups is 1. The van der Waals surface area contributed by atoms with E-state index in [9.17, 15) is 13.6 Å². The van der Waals surface area contributed by atoms with Gasteiger partial charge in [-0.1, -0.05) is 6.08 Å². The standard InChI is InChI=1S/C19H23F2N3O/c1-23(2)8-4-5-18(25)24(3)13-6-7-17-14(11-13)15-9-12(20)10-16(21)19(15)22-17/h4-5,9-10,13,22H,6-8,11H2,1-3H3/b5-4+. The van der Waals surface area contributed by atoms with Crippen LogP contribution in [0.5, 0.6) is 0 Å². The van der Waals surface area contributed by atoms with Gasteiger partial charge >= 0.3 is 0 Å². The van der Waals surface area contributed by atoms with E-state index in [4.69, 9.17) is 0 Å². The fraction of sp³-hybridized carbons (Fsp3) is 0.421. The van der Waals surface area contributed by atoms with Crippen molar-refractivity contribution >= 4 is 16.8 Å². The lowest BCUT2D eigenvalue weighted by Gasteiger charge is -2.30. The Hall–Kier alpha value is -2.21. The fourth-order valence-electron chi connectivity index (χ4n) is 3.42. The van der Waals surface area contributed by atoms with Crippen LogP contribution in [0.4, 0.5) is 8.78 Å². The highest BCUT2D eigenvalue weighted by molar-refractivity contribution is 5.88. The molecule has 0 saturated carbocycles. The van der Waals surface area contributed by atoms with Crippen molar-refractivity contribution < 1.29 is 13.6 Å². The van der Waals surface area contributed by atoms with Gasteiger partial charge in [0, 0.05) is 42.9 Å². The van der Waals surface area contributed by atoms with Crippen molar-refractivity contribution in [2.75, 3.05) is 27.7 Å². The molecule has 3 rings (SSSR count). The van der Waals surface area contributed by atoms with E-state index in [0.717, 1.165) is 30.2 Å². The topological polar surface area (TPSA) is 39.3 Å². The van der Waals surface area contributed by atoms with Crippen LogP contribution >= 0.6 is 0 Å². The molecule has 134 valence electrons. The minimum absolute atomic E-state index is 0.0225. The number of likely N-dealkylation sites (N-methyl/N-ethyl adjacent to an activating group) is 2. The quantitative estimate of drug-likeness (QED) is 0.864. The molecule has 1 aromatic heterocycles. The van der Waals surface area contributed by atoms with Crippen molar-refractivity contribution in [2.24, 2.45) is 0 Å². The second-order valence-corrected chi connectivity index (χ2v) is 6.90. The van der Waals surface area contributed by atoms with E-state index in [2.05, 4.69) is 4.98 Å². The third-order valence-electron chi connectivity index (χ3n) is 4.81. The summed E-state index contributed by atoms with van der Waals surface area (Å²) in [4.78, 5) is 19.1. The van der Waals surface area contributed by atoms with Crippen molar-refractivity contribution in [3.05, 3.63) is 47.2 Å². The van der Waals surface area contributed by atoms with Gasteiger partial charge in [0.2, 0.25) is 5.91 Å². The molecule has 0 aliphatic heterocycles. The van der Waals surface area contributed by atoms with Gasteiger partial charge in [-0.2, -0.15) is 0 Å². The lowest BCUT2D eigenvalue weighted by Crippen LogP contribution is -2.39. The number of nitrogens with zero attached hydrogens (tertiary/aromatic N) is 2. The largest absolute Gasteiger partial charge is 0.356 e. The average molecular weight is 347 g/mol. The molecular formula is C19H23F2N3O. The Kier molecular flexibility index (Phi) is 4.90. The monoisotopic (exact) mass is 347 g/mol. The lowest BCUT2D eigenvalue weighted by atomic mass is 9.90. The number of amides is 1. The summed E-state index contributed by atoms with van der Waals surface area (Å²) in [6.45, 7) is 0.704. The Morgan fingerprint density at radius 1 is 1.32 bits per heavy atom. The van der Waals surface area contributed by atoms with Gasteiger partial charge in [-0.05, 0) is 45.0 Å². The molecule has 6 heteroatoms. The van der Waals surface area contributed by atoms with Gasteiger partial charge in [0.1, 0.15) is 11.6 Å². The number of aryl methyl sites for hydroxylation is 1. The first-order valence-electron chi connectivity index (χ1n) is 8.43. The molecule has 0 fully saturated rings. The number of H-pyrrole nitrogens is 1. The summed E-state index contributed by atoms with van der Waals surface area (Å²) >= 11 is 0. The predicted molar refractivity (Wildman–Crippen MR) is 94.5 cm³/mol. The Morgan fingerprint density at radius 2 is 2.08 bits per heavy atom. The van der Waals surface area contributed by atoms with Gasteiger partial charge in [0.15, 0.2) is 0 Å². The van der Waals surface area contributed by atoms with E-state index in [0.29, 0.717) is 23.9 Å².